The number of amides is 1. The van der Waals surface area contributed by atoms with E-state index in [4.69, 9.17) is 9.88 Å². The Bertz CT molecular complexity index is 1450. The Kier molecular flexibility index (Phi) is 5.95. The molecule has 0 saturated heterocycles. The molecule has 0 aliphatic rings. The summed E-state index contributed by atoms with van der Waals surface area (Å²) in [6.07, 6.45) is 0. The molecule has 10 heteroatoms. The van der Waals surface area contributed by atoms with Gasteiger partial charge in [0.25, 0.3) is 5.91 Å². The molecule has 1 aromatic heterocycles. The molecule has 0 atom stereocenters. The number of hydrogen-bond acceptors (Lipinski definition) is 6. The number of aryl methyl sites for hydroxylation is 1. The maximum atomic E-state index is 12.4. The van der Waals surface area contributed by atoms with E-state index in [9.17, 15) is 18.0 Å². The van der Waals surface area contributed by atoms with Gasteiger partial charge in [-0.1, -0.05) is 18.2 Å². The van der Waals surface area contributed by atoms with Gasteiger partial charge in [-0.2, -0.15) is 0 Å². The van der Waals surface area contributed by atoms with Gasteiger partial charge in [-0.05, 0) is 61.5 Å². The third kappa shape index (κ3) is 4.92. The number of primary sulfonamides is 1. The van der Waals surface area contributed by atoms with Crippen molar-refractivity contribution < 1.29 is 22.7 Å². The van der Waals surface area contributed by atoms with Crippen molar-refractivity contribution >= 4 is 38.6 Å². The lowest BCUT2D eigenvalue weighted by molar-refractivity contribution is -0.119. The molecule has 0 fully saturated rings. The molecule has 4 aromatic rings. The van der Waals surface area contributed by atoms with Crippen LogP contribution in [-0.4, -0.2) is 36.5 Å². The zero-order valence-corrected chi connectivity index (χ0v) is 18.4. The summed E-state index contributed by atoms with van der Waals surface area (Å²) in [7, 11) is -3.82. The highest BCUT2D eigenvalue weighted by atomic mass is 32.2. The van der Waals surface area contributed by atoms with E-state index in [2.05, 4.69) is 10.3 Å². The Labute approximate surface area is 189 Å². The van der Waals surface area contributed by atoms with Gasteiger partial charge in [-0.3, -0.25) is 9.36 Å². The maximum Gasteiger partial charge on any atom is 0.338 e. The zero-order chi connectivity index (χ0) is 23.6. The minimum Gasteiger partial charge on any atom is -0.452 e. The van der Waals surface area contributed by atoms with Crippen LogP contribution in [0.2, 0.25) is 0 Å². The zero-order valence-electron chi connectivity index (χ0n) is 17.6. The Morgan fingerprint density at radius 3 is 2.39 bits per heavy atom. The first kappa shape index (κ1) is 22.2. The molecule has 0 spiro atoms. The Morgan fingerprint density at radius 1 is 1.03 bits per heavy atom. The van der Waals surface area contributed by atoms with Gasteiger partial charge in [0, 0.05) is 11.4 Å². The number of para-hydroxylation sites is 1. The van der Waals surface area contributed by atoms with E-state index in [0.717, 1.165) is 17.0 Å². The summed E-state index contributed by atoms with van der Waals surface area (Å²) in [4.78, 5) is 29.0. The third-order valence-corrected chi connectivity index (χ3v) is 5.80. The topological polar surface area (TPSA) is 133 Å². The molecule has 4 rings (SSSR count). The predicted octanol–water partition coefficient (Wildman–Crippen LogP) is 2.78. The van der Waals surface area contributed by atoms with Gasteiger partial charge in [0.05, 0.1) is 21.5 Å². The van der Waals surface area contributed by atoms with Crippen molar-refractivity contribution in [1.29, 1.82) is 0 Å². The lowest BCUT2D eigenvalue weighted by Gasteiger charge is -2.08. The van der Waals surface area contributed by atoms with E-state index in [-0.39, 0.29) is 10.5 Å². The standard InChI is InChI=1S/C23H20N4O5S/c1-15-25-20-13-16(7-12-21(20)27(15)18-5-3-2-4-6-18)23(29)32-14-22(28)26-17-8-10-19(11-9-17)33(24,30)31/h2-13H,14H2,1H3,(H,26,28)(H2,24,30,31). The molecule has 1 amide bonds. The van der Waals surface area contributed by atoms with Gasteiger partial charge < -0.3 is 10.1 Å². The predicted molar refractivity (Wildman–Crippen MR) is 123 cm³/mol. The minimum absolute atomic E-state index is 0.0766. The molecule has 168 valence electrons. The number of nitrogens with zero attached hydrogens (tertiary/aromatic N) is 2. The molecule has 0 radical (unpaired) electrons. The molecule has 0 unspecified atom stereocenters. The molecular formula is C23H20N4O5S. The number of rotatable bonds is 6. The normalized spacial score (nSPS) is 11.3. The summed E-state index contributed by atoms with van der Waals surface area (Å²) in [6.45, 7) is 1.37. The van der Waals surface area contributed by atoms with Gasteiger partial charge in [0.2, 0.25) is 10.0 Å². The second-order valence-corrected chi connectivity index (χ2v) is 8.79. The first-order valence-corrected chi connectivity index (χ1v) is 11.4. The van der Waals surface area contributed by atoms with E-state index in [1.54, 1.807) is 18.2 Å². The highest BCUT2D eigenvalue weighted by Crippen LogP contribution is 2.22. The van der Waals surface area contributed by atoms with Gasteiger partial charge >= 0.3 is 5.97 Å². The van der Waals surface area contributed by atoms with Gasteiger partial charge in [0.1, 0.15) is 5.82 Å². The smallest absolute Gasteiger partial charge is 0.338 e. The number of nitrogens with one attached hydrogen (secondary N) is 1. The van der Waals surface area contributed by atoms with Crippen LogP contribution in [0, 0.1) is 6.92 Å². The number of aromatic nitrogens is 2. The first-order chi connectivity index (χ1) is 15.7. The van der Waals surface area contributed by atoms with E-state index in [1.807, 2.05) is 41.8 Å². The Balaban J connectivity index is 1.42. The highest BCUT2D eigenvalue weighted by Gasteiger charge is 2.15. The van der Waals surface area contributed by atoms with Crippen LogP contribution in [0.1, 0.15) is 16.2 Å². The number of carbonyl (C=O) groups is 2. The van der Waals surface area contributed by atoms with Crippen molar-refractivity contribution in [2.24, 2.45) is 5.14 Å². The molecule has 0 aliphatic carbocycles. The van der Waals surface area contributed by atoms with Crippen molar-refractivity contribution in [3.05, 3.63) is 84.2 Å². The summed E-state index contributed by atoms with van der Waals surface area (Å²) >= 11 is 0. The highest BCUT2D eigenvalue weighted by molar-refractivity contribution is 7.89. The molecule has 3 N–H and O–H groups in total. The summed E-state index contributed by atoms with van der Waals surface area (Å²) in [5.74, 6) is -0.463. The fourth-order valence-corrected chi connectivity index (χ4v) is 3.89. The monoisotopic (exact) mass is 464 g/mol. The van der Waals surface area contributed by atoms with Crippen LogP contribution in [-0.2, 0) is 19.6 Å². The van der Waals surface area contributed by atoms with E-state index in [1.165, 1.54) is 24.3 Å². The number of hydrogen-bond donors (Lipinski definition) is 2. The summed E-state index contributed by atoms with van der Waals surface area (Å²) < 4.78 is 29.7. The lowest BCUT2D eigenvalue weighted by Crippen LogP contribution is -2.21. The van der Waals surface area contributed by atoms with Crippen molar-refractivity contribution in [2.75, 3.05) is 11.9 Å². The van der Waals surface area contributed by atoms with E-state index < -0.39 is 28.5 Å². The second-order valence-electron chi connectivity index (χ2n) is 7.23. The van der Waals surface area contributed by atoms with Crippen LogP contribution >= 0.6 is 0 Å². The third-order valence-electron chi connectivity index (χ3n) is 4.87. The average molecular weight is 465 g/mol. The molecule has 0 saturated carbocycles. The SMILES string of the molecule is Cc1nc2cc(C(=O)OCC(=O)Nc3ccc(S(N)(=O)=O)cc3)ccc2n1-c1ccccc1. The second kappa shape index (κ2) is 8.85. The molecule has 33 heavy (non-hydrogen) atoms. The number of nitrogens with two attached hydrogens (primary N) is 1. The molecular weight excluding hydrogens is 444 g/mol. The van der Waals surface area contributed by atoms with Gasteiger partial charge in [-0.15, -0.1) is 0 Å². The summed E-state index contributed by atoms with van der Waals surface area (Å²) in [5.41, 5.74) is 3.04. The largest absolute Gasteiger partial charge is 0.452 e. The molecule has 1 heterocycles. The number of ether oxygens (including phenoxy) is 1. The van der Waals surface area contributed by atoms with Crippen molar-refractivity contribution in [2.45, 2.75) is 11.8 Å². The van der Waals surface area contributed by atoms with E-state index in [0.29, 0.717) is 11.2 Å². The van der Waals surface area contributed by atoms with Crippen LogP contribution in [0.15, 0.2) is 77.7 Å². The van der Waals surface area contributed by atoms with Crippen LogP contribution < -0.4 is 10.5 Å². The maximum absolute atomic E-state index is 12.4. The van der Waals surface area contributed by atoms with Crippen molar-refractivity contribution in [3.8, 4) is 5.69 Å². The first-order valence-electron chi connectivity index (χ1n) is 9.87. The Hall–Kier alpha value is -4.02. The van der Waals surface area contributed by atoms with Crippen molar-refractivity contribution in [3.63, 3.8) is 0 Å². The fraction of sp³-hybridized carbons (Fsp3) is 0.0870. The Morgan fingerprint density at radius 2 is 1.73 bits per heavy atom. The number of anilines is 1. The number of benzene rings is 3. The summed E-state index contributed by atoms with van der Waals surface area (Å²) in [6, 6.07) is 20.1. The average Bonchev–Trinajstić information content (AvgIpc) is 3.12. The number of esters is 1. The molecule has 0 aliphatic heterocycles. The minimum atomic E-state index is -3.82. The van der Waals surface area contributed by atoms with Crippen LogP contribution in [0.4, 0.5) is 5.69 Å². The number of fused-ring (bicyclic) bond motifs is 1. The van der Waals surface area contributed by atoms with Crippen molar-refractivity contribution in [1.82, 2.24) is 9.55 Å². The van der Waals surface area contributed by atoms with Gasteiger partial charge in [0.15, 0.2) is 6.61 Å². The number of sulfonamides is 1. The molecule has 0 bridgehead atoms. The van der Waals surface area contributed by atoms with E-state index >= 15 is 0 Å². The summed E-state index contributed by atoms with van der Waals surface area (Å²) in [5, 5.41) is 7.56. The van der Waals surface area contributed by atoms with Crippen LogP contribution in [0.25, 0.3) is 16.7 Å². The fourth-order valence-electron chi connectivity index (χ4n) is 3.37. The lowest BCUT2D eigenvalue weighted by atomic mass is 10.2. The number of imidazole rings is 1. The molecule has 3 aromatic carbocycles. The number of carbonyl (C=O) groups excluding carboxylic acids is 2. The van der Waals surface area contributed by atoms with Crippen LogP contribution in [0.5, 0.6) is 0 Å². The van der Waals surface area contributed by atoms with Crippen LogP contribution in [0.3, 0.4) is 0 Å². The van der Waals surface area contributed by atoms with Gasteiger partial charge in [-0.25, -0.2) is 23.3 Å². The molecule has 9 nitrogen and oxygen atoms in total. The quantitative estimate of drug-likeness (QED) is 0.422.